The van der Waals surface area contributed by atoms with Gasteiger partial charge in [0.2, 0.25) is 0 Å². The third kappa shape index (κ3) is 3.41. The van der Waals surface area contributed by atoms with Crippen molar-refractivity contribution in [1.82, 2.24) is 5.32 Å². The van der Waals surface area contributed by atoms with Gasteiger partial charge in [-0.3, -0.25) is 4.79 Å². The lowest BCUT2D eigenvalue weighted by Gasteiger charge is -2.34. The van der Waals surface area contributed by atoms with E-state index in [2.05, 4.69) is 12.2 Å². The average molecular weight is 271 g/mol. The molecule has 1 aliphatic heterocycles. The van der Waals surface area contributed by atoms with Gasteiger partial charge in [0, 0.05) is 6.04 Å². The summed E-state index contributed by atoms with van der Waals surface area (Å²) in [7, 11) is 0. The van der Waals surface area contributed by atoms with Crippen LogP contribution in [0.4, 0.5) is 0 Å². The first kappa shape index (κ1) is 14.2. The summed E-state index contributed by atoms with van der Waals surface area (Å²) in [6.07, 6.45) is 7.08. The van der Waals surface area contributed by atoms with E-state index in [-0.39, 0.29) is 11.9 Å². The first-order valence-electron chi connectivity index (χ1n) is 7.25. The van der Waals surface area contributed by atoms with Crippen molar-refractivity contribution < 1.29 is 9.90 Å². The summed E-state index contributed by atoms with van der Waals surface area (Å²) in [6, 6.07) is 0.287. The van der Waals surface area contributed by atoms with Gasteiger partial charge in [-0.15, -0.1) is 0 Å². The monoisotopic (exact) mass is 271 g/mol. The number of carbonyl (C=O) groups is 1. The molecule has 0 aromatic rings. The summed E-state index contributed by atoms with van der Waals surface area (Å²) in [5.74, 6) is 2.42. The molecule has 4 heteroatoms. The van der Waals surface area contributed by atoms with Gasteiger partial charge in [-0.2, -0.15) is 11.8 Å². The summed E-state index contributed by atoms with van der Waals surface area (Å²) in [6.45, 7) is 2.22. The molecular formula is C14H25NO2S. The number of amides is 1. The zero-order valence-electron chi connectivity index (χ0n) is 11.3. The van der Waals surface area contributed by atoms with Gasteiger partial charge in [-0.25, -0.2) is 0 Å². The molecule has 1 amide bonds. The van der Waals surface area contributed by atoms with Crippen LogP contribution in [0.25, 0.3) is 0 Å². The zero-order chi connectivity index (χ0) is 13.0. The van der Waals surface area contributed by atoms with Crippen LogP contribution in [-0.2, 0) is 4.79 Å². The Morgan fingerprint density at radius 1 is 1.39 bits per heavy atom. The van der Waals surface area contributed by atoms with E-state index >= 15 is 0 Å². The maximum atomic E-state index is 12.2. The number of nitrogens with one attached hydrogen (secondary N) is 1. The second-order valence-corrected chi connectivity index (χ2v) is 6.98. The van der Waals surface area contributed by atoms with Crippen LogP contribution in [0, 0.1) is 5.92 Å². The lowest BCUT2D eigenvalue weighted by Crippen LogP contribution is -2.52. The minimum absolute atomic E-state index is 0.121. The summed E-state index contributed by atoms with van der Waals surface area (Å²) >= 11 is 1.82. The van der Waals surface area contributed by atoms with Crippen molar-refractivity contribution in [2.45, 2.75) is 63.5 Å². The fraction of sp³-hybridized carbons (Fsp3) is 0.929. The number of rotatable bonds is 3. The molecule has 2 fully saturated rings. The minimum atomic E-state index is -1.09. The molecule has 1 saturated heterocycles. The highest BCUT2D eigenvalue weighted by Crippen LogP contribution is 2.30. The first-order chi connectivity index (χ1) is 8.64. The molecule has 0 aromatic heterocycles. The van der Waals surface area contributed by atoms with Gasteiger partial charge < -0.3 is 10.4 Å². The second kappa shape index (κ2) is 6.29. The summed E-state index contributed by atoms with van der Waals surface area (Å²) < 4.78 is 0. The molecule has 2 unspecified atom stereocenters. The highest BCUT2D eigenvalue weighted by atomic mass is 32.2. The smallest absolute Gasteiger partial charge is 0.252 e. The van der Waals surface area contributed by atoms with Gasteiger partial charge in [0.05, 0.1) is 0 Å². The lowest BCUT2D eigenvalue weighted by atomic mass is 9.83. The van der Waals surface area contributed by atoms with Gasteiger partial charge >= 0.3 is 0 Å². The average Bonchev–Trinajstić information content (AvgIpc) is 2.40. The molecule has 18 heavy (non-hydrogen) atoms. The Balaban J connectivity index is 1.86. The van der Waals surface area contributed by atoms with Crippen LogP contribution in [0.5, 0.6) is 0 Å². The van der Waals surface area contributed by atoms with Crippen molar-refractivity contribution in [1.29, 1.82) is 0 Å². The molecule has 1 saturated carbocycles. The topological polar surface area (TPSA) is 49.3 Å². The number of thioether (sulfide) groups is 1. The van der Waals surface area contributed by atoms with Crippen molar-refractivity contribution in [2.75, 3.05) is 11.5 Å². The second-order valence-electron chi connectivity index (χ2n) is 5.76. The highest BCUT2D eigenvalue weighted by Gasteiger charge is 2.38. The Kier molecular flexibility index (Phi) is 4.96. The predicted molar refractivity (Wildman–Crippen MR) is 75.7 cm³/mol. The van der Waals surface area contributed by atoms with Gasteiger partial charge in [0.1, 0.15) is 5.60 Å². The molecular weight excluding hydrogens is 246 g/mol. The van der Waals surface area contributed by atoms with E-state index in [0.29, 0.717) is 12.8 Å². The van der Waals surface area contributed by atoms with Gasteiger partial charge in [0.25, 0.3) is 5.91 Å². The maximum Gasteiger partial charge on any atom is 0.252 e. The fourth-order valence-electron chi connectivity index (χ4n) is 3.05. The van der Waals surface area contributed by atoms with E-state index in [1.807, 2.05) is 11.8 Å². The fourth-order valence-corrected chi connectivity index (χ4v) is 4.22. The van der Waals surface area contributed by atoms with E-state index < -0.39 is 5.60 Å². The van der Waals surface area contributed by atoms with E-state index in [1.165, 1.54) is 19.3 Å². The molecule has 0 radical (unpaired) electrons. The summed E-state index contributed by atoms with van der Waals surface area (Å²) in [5, 5.41) is 13.5. The molecule has 1 heterocycles. The largest absolute Gasteiger partial charge is 0.380 e. The van der Waals surface area contributed by atoms with Crippen molar-refractivity contribution in [2.24, 2.45) is 5.92 Å². The Bertz CT molecular complexity index is 290. The maximum absolute atomic E-state index is 12.2. The minimum Gasteiger partial charge on any atom is -0.380 e. The summed E-state index contributed by atoms with van der Waals surface area (Å²) in [4.78, 5) is 12.2. The molecule has 2 atom stereocenters. The Morgan fingerprint density at radius 2 is 2.11 bits per heavy atom. The van der Waals surface area contributed by atoms with E-state index in [4.69, 9.17) is 0 Å². The normalized spacial score (nSPS) is 31.9. The van der Waals surface area contributed by atoms with Crippen LogP contribution in [0.1, 0.15) is 51.9 Å². The van der Waals surface area contributed by atoms with Crippen molar-refractivity contribution in [3.05, 3.63) is 0 Å². The zero-order valence-corrected chi connectivity index (χ0v) is 12.1. The summed E-state index contributed by atoms with van der Waals surface area (Å²) in [5.41, 5.74) is -1.09. The number of carbonyl (C=O) groups excluding carboxylic acids is 1. The third-order valence-electron chi connectivity index (χ3n) is 4.44. The van der Waals surface area contributed by atoms with Crippen molar-refractivity contribution in [3.63, 3.8) is 0 Å². The molecule has 2 aliphatic rings. The van der Waals surface area contributed by atoms with E-state index in [0.717, 1.165) is 30.3 Å². The molecule has 3 nitrogen and oxygen atoms in total. The molecule has 104 valence electrons. The quantitative estimate of drug-likeness (QED) is 0.828. The van der Waals surface area contributed by atoms with Crippen LogP contribution in [0.15, 0.2) is 0 Å². The molecule has 2 N–H and O–H groups in total. The van der Waals surface area contributed by atoms with Crippen LogP contribution in [0.2, 0.25) is 0 Å². The van der Waals surface area contributed by atoms with Gasteiger partial charge in [-0.05, 0) is 43.1 Å². The third-order valence-corrected chi connectivity index (χ3v) is 5.42. The standard InChI is InChI=1S/C14H25NO2S/c1-2-11-4-3-5-12(10-11)15-13(16)14(17)6-8-18-9-7-14/h11-12,17H,2-10H2,1H3,(H,15,16). The van der Waals surface area contributed by atoms with Crippen LogP contribution >= 0.6 is 11.8 Å². The van der Waals surface area contributed by atoms with Gasteiger partial charge in [0.15, 0.2) is 0 Å². The molecule has 0 spiro atoms. The number of hydrogen-bond acceptors (Lipinski definition) is 3. The SMILES string of the molecule is CCC1CCCC(NC(=O)C2(O)CCSCC2)C1. The van der Waals surface area contributed by atoms with Crippen molar-refractivity contribution >= 4 is 17.7 Å². The van der Waals surface area contributed by atoms with Crippen molar-refractivity contribution in [3.8, 4) is 0 Å². The molecule has 1 aliphatic carbocycles. The molecule has 0 aromatic carbocycles. The van der Waals surface area contributed by atoms with E-state index in [1.54, 1.807) is 0 Å². The Hall–Kier alpha value is -0.220. The van der Waals surface area contributed by atoms with Crippen LogP contribution < -0.4 is 5.32 Å². The van der Waals surface area contributed by atoms with E-state index in [9.17, 15) is 9.90 Å². The molecule has 0 bridgehead atoms. The Morgan fingerprint density at radius 3 is 2.78 bits per heavy atom. The van der Waals surface area contributed by atoms with Gasteiger partial charge in [-0.1, -0.05) is 26.2 Å². The number of aliphatic hydroxyl groups is 1. The molecule has 2 rings (SSSR count). The predicted octanol–water partition coefficient (Wildman–Crippen LogP) is 2.33. The lowest BCUT2D eigenvalue weighted by molar-refractivity contribution is -0.141. The Labute approximate surface area is 114 Å². The number of hydrogen-bond donors (Lipinski definition) is 2. The first-order valence-corrected chi connectivity index (χ1v) is 8.40. The van der Waals surface area contributed by atoms with Crippen LogP contribution in [0.3, 0.4) is 0 Å². The highest BCUT2D eigenvalue weighted by molar-refractivity contribution is 7.99. The van der Waals surface area contributed by atoms with Crippen LogP contribution in [-0.4, -0.2) is 34.2 Å².